The lowest BCUT2D eigenvalue weighted by molar-refractivity contribution is -0.117. The number of carbonyl (C=O) groups excluding carboxylic acids is 1. The number of nitrogens with zero attached hydrogens (tertiary/aromatic N) is 3. The second-order valence-corrected chi connectivity index (χ2v) is 8.97. The Morgan fingerprint density at radius 2 is 1.91 bits per heavy atom. The smallest absolute Gasteiger partial charge is 0.243 e. The zero-order chi connectivity index (χ0) is 24.5. The summed E-state index contributed by atoms with van der Waals surface area (Å²) in [6, 6.07) is 3.40. The average Bonchev–Trinajstić information content (AvgIpc) is 3.63. The summed E-state index contributed by atoms with van der Waals surface area (Å²) >= 11 is 6.77. The molecule has 1 aliphatic carbocycles. The van der Waals surface area contributed by atoms with Crippen LogP contribution in [0.5, 0.6) is 11.5 Å². The van der Waals surface area contributed by atoms with Gasteiger partial charge in [0.25, 0.3) is 0 Å². The van der Waals surface area contributed by atoms with Gasteiger partial charge in [-0.1, -0.05) is 18.2 Å². The third-order valence-corrected chi connectivity index (χ3v) is 6.66. The number of pyridine rings is 1. The zero-order valence-corrected chi connectivity index (χ0v) is 20.3. The SMILES string of the molecule is C=CC(=O)NC1COCC1Nc1ncc2cc(-c3c(Cl)c(OC)cc(OC)c3C3CC3)ncc2n1. The van der Waals surface area contributed by atoms with E-state index in [-0.39, 0.29) is 18.0 Å². The van der Waals surface area contributed by atoms with Gasteiger partial charge in [0.05, 0.1) is 61.9 Å². The summed E-state index contributed by atoms with van der Waals surface area (Å²) in [5, 5.41) is 7.44. The first-order valence-corrected chi connectivity index (χ1v) is 11.7. The van der Waals surface area contributed by atoms with E-state index in [9.17, 15) is 4.79 Å². The van der Waals surface area contributed by atoms with Crippen molar-refractivity contribution >= 4 is 34.4 Å². The van der Waals surface area contributed by atoms with Crippen LogP contribution in [0.25, 0.3) is 22.2 Å². The van der Waals surface area contributed by atoms with Gasteiger partial charge < -0.3 is 24.8 Å². The Hall–Kier alpha value is -3.43. The number of hydrogen-bond acceptors (Lipinski definition) is 8. The third kappa shape index (κ3) is 4.61. The molecule has 35 heavy (non-hydrogen) atoms. The standard InChI is InChI=1S/C25H26ClN5O4/c1-4-21(32)29-17-11-35-12-18(17)31-25-28-9-14-7-15(27-10-16(14)30-25)23-22(13-5-6-13)19(33-2)8-20(34-3)24(23)26/h4,7-10,13,17-18H,1,5-6,11-12H2,2-3H3,(H,29,32)(H,28,30,31). The van der Waals surface area contributed by atoms with Crippen LogP contribution in [0.2, 0.25) is 5.02 Å². The highest BCUT2D eigenvalue weighted by Gasteiger charge is 2.33. The topological polar surface area (TPSA) is 107 Å². The van der Waals surface area contributed by atoms with Crippen molar-refractivity contribution in [2.24, 2.45) is 0 Å². The average molecular weight is 496 g/mol. The van der Waals surface area contributed by atoms with Crippen LogP contribution in [0.1, 0.15) is 24.3 Å². The number of nitrogens with one attached hydrogen (secondary N) is 2. The van der Waals surface area contributed by atoms with Gasteiger partial charge in [0.1, 0.15) is 11.5 Å². The Labute approximate surface area is 207 Å². The normalized spacial score (nSPS) is 19.4. The van der Waals surface area contributed by atoms with Crippen molar-refractivity contribution < 1.29 is 19.0 Å². The van der Waals surface area contributed by atoms with Gasteiger partial charge in [0.2, 0.25) is 11.9 Å². The number of amides is 1. The van der Waals surface area contributed by atoms with E-state index in [1.165, 1.54) is 6.08 Å². The van der Waals surface area contributed by atoms with Gasteiger partial charge in [0, 0.05) is 28.8 Å². The van der Waals surface area contributed by atoms with E-state index >= 15 is 0 Å². The van der Waals surface area contributed by atoms with E-state index in [1.54, 1.807) is 26.6 Å². The lowest BCUT2D eigenvalue weighted by atomic mass is 9.97. The van der Waals surface area contributed by atoms with Crippen LogP contribution in [0.4, 0.5) is 5.95 Å². The van der Waals surface area contributed by atoms with E-state index in [0.29, 0.717) is 47.1 Å². The molecule has 3 aromatic rings. The molecule has 0 bridgehead atoms. The molecule has 9 nitrogen and oxygen atoms in total. The number of aromatic nitrogens is 3. The first-order valence-electron chi connectivity index (χ1n) is 11.4. The molecule has 1 amide bonds. The molecule has 0 spiro atoms. The second-order valence-electron chi connectivity index (χ2n) is 8.59. The van der Waals surface area contributed by atoms with Gasteiger partial charge in [-0.15, -0.1) is 0 Å². The minimum absolute atomic E-state index is 0.160. The third-order valence-electron chi connectivity index (χ3n) is 6.29. The van der Waals surface area contributed by atoms with Crippen LogP contribution in [-0.2, 0) is 9.53 Å². The molecule has 0 radical (unpaired) electrons. The molecule has 3 heterocycles. The molecule has 1 aromatic carbocycles. The monoisotopic (exact) mass is 495 g/mol. The first kappa shape index (κ1) is 23.3. The Morgan fingerprint density at radius 1 is 1.14 bits per heavy atom. The molecule has 2 aliphatic rings. The number of ether oxygens (including phenoxy) is 3. The summed E-state index contributed by atoms with van der Waals surface area (Å²) in [6.45, 7) is 4.33. The molecule has 5 rings (SSSR count). The van der Waals surface area contributed by atoms with Crippen LogP contribution in [-0.4, -0.2) is 60.4 Å². The van der Waals surface area contributed by atoms with E-state index in [1.807, 2.05) is 12.1 Å². The molecule has 2 unspecified atom stereocenters. The highest BCUT2D eigenvalue weighted by atomic mass is 35.5. The van der Waals surface area contributed by atoms with Gasteiger partial charge >= 0.3 is 0 Å². The maximum Gasteiger partial charge on any atom is 0.243 e. The number of anilines is 1. The largest absolute Gasteiger partial charge is 0.496 e. The molecule has 1 aliphatic heterocycles. The van der Waals surface area contributed by atoms with E-state index < -0.39 is 0 Å². The highest BCUT2D eigenvalue weighted by Crippen LogP contribution is 2.53. The van der Waals surface area contributed by atoms with Crippen LogP contribution in [0.3, 0.4) is 0 Å². The predicted molar refractivity (Wildman–Crippen MR) is 133 cm³/mol. The fourth-order valence-electron chi connectivity index (χ4n) is 4.36. The van der Waals surface area contributed by atoms with Crippen molar-refractivity contribution in [1.82, 2.24) is 20.3 Å². The molecule has 2 N–H and O–H groups in total. The lowest BCUT2D eigenvalue weighted by Crippen LogP contribution is -2.45. The first-order chi connectivity index (χ1) is 17.0. The van der Waals surface area contributed by atoms with Gasteiger partial charge in [-0.25, -0.2) is 9.97 Å². The second kappa shape index (κ2) is 9.67. The zero-order valence-electron chi connectivity index (χ0n) is 19.5. The number of fused-ring (bicyclic) bond motifs is 1. The molecule has 1 saturated heterocycles. The van der Waals surface area contributed by atoms with Crippen molar-refractivity contribution in [1.29, 1.82) is 0 Å². The molecular formula is C25H26ClN5O4. The van der Waals surface area contributed by atoms with Crippen molar-refractivity contribution in [2.75, 3.05) is 32.8 Å². The summed E-state index contributed by atoms with van der Waals surface area (Å²) in [6.07, 6.45) is 6.85. The maximum atomic E-state index is 11.7. The van der Waals surface area contributed by atoms with E-state index in [4.69, 9.17) is 30.8 Å². The Morgan fingerprint density at radius 3 is 2.63 bits per heavy atom. The van der Waals surface area contributed by atoms with Crippen molar-refractivity contribution in [2.45, 2.75) is 30.8 Å². The molecule has 2 fully saturated rings. The van der Waals surface area contributed by atoms with Crippen LogP contribution >= 0.6 is 11.6 Å². The predicted octanol–water partition coefficient (Wildman–Crippen LogP) is 3.72. The van der Waals surface area contributed by atoms with Gasteiger partial charge in [-0.05, 0) is 30.9 Å². The number of benzene rings is 1. The van der Waals surface area contributed by atoms with Crippen LogP contribution in [0, 0.1) is 0 Å². The Bertz CT molecular complexity index is 1300. The van der Waals surface area contributed by atoms with Gasteiger partial charge in [0.15, 0.2) is 0 Å². The molecule has 1 saturated carbocycles. The number of halogens is 1. The Balaban J connectivity index is 1.46. The molecule has 2 atom stereocenters. The minimum Gasteiger partial charge on any atom is -0.496 e. The van der Waals surface area contributed by atoms with E-state index in [0.717, 1.165) is 35.1 Å². The van der Waals surface area contributed by atoms with Crippen molar-refractivity contribution in [3.8, 4) is 22.8 Å². The summed E-state index contributed by atoms with van der Waals surface area (Å²) in [5.74, 6) is 1.85. The molecular weight excluding hydrogens is 470 g/mol. The molecule has 10 heteroatoms. The lowest BCUT2D eigenvalue weighted by Gasteiger charge is -2.20. The quantitative estimate of drug-likeness (QED) is 0.455. The fourth-order valence-corrected chi connectivity index (χ4v) is 4.69. The van der Waals surface area contributed by atoms with Crippen LogP contribution < -0.4 is 20.1 Å². The highest BCUT2D eigenvalue weighted by molar-refractivity contribution is 6.35. The summed E-state index contributed by atoms with van der Waals surface area (Å²) in [4.78, 5) is 25.5. The summed E-state index contributed by atoms with van der Waals surface area (Å²) in [7, 11) is 3.23. The molecule has 182 valence electrons. The summed E-state index contributed by atoms with van der Waals surface area (Å²) < 4.78 is 16.7. The van der Waals surface area contributed by atoms with Gasteiger partial charge in [-0.2, -0.15) is 0 Å². The summed E-state index contributed by atoms with van der Waals surface area (Å²) in [5.41, 5.74) is 3.26. The number of hydrogen-bond donors (Lipinski definition) is 2. The Kier molecular flexibility index (Phi) is 6.44. The number of carbonyl (C=O) groups is 1. The minimum atomic E-state index is -0.248. The fraction of sp³-hybridized carbons (Fsp3) is 0.360. The molecule has 2 aromatic heterocycles. The van der Waals surface area contributed by atoms with Crippen molar-refractivity contribution in [3.05, 3.63) is 47.8 Å². The van der Waals surface area contributed by atoms with Crippen molar-refractivity contribution in [3.63, 3.8) is 0 Å². The number of rotatable bonds is 8. The maximum absolute atomic E-state index is 11.7. The van der Waals surface area contributed by atoms with Crippen LogP contribution in [0.15, 0.2) is 37.2 Å². The number of methoxy groups -OCH3 is 2. The van der Waals surface area contributed by atoms with E-state index in [2.05, 4.69) is 27.2 Å². The van der Waals surface area contributed by atoms with Gasteiger partial charge in [-0.3, -0.25) is 9.78 Å².